The molecule has 0 aliphatic heterocycles. The van der Waals surface area contributed by atoms with E-state index < -0.39 is 8.32 Å². The van der Waals surface area contributed by atoms with Gasteiger partial charge in [0.05, 0.1) is 12.5 Å². The van der Waals surface area contributed by atoms with Gasteiger partial charge in [0, 0.05) is 12.5 Å². The van der Waals surface area contributed by atoms with Crippen molar-refractivity contribution in [2.45, 2.75) is 52.5 Å². The van der Waals surface area contributed by atoms with Crippen molar-refractivity contribution in [1.29, 1.82) is 0 Å². The van der Waals surface area contributed by atoms with Crippen molar-refractivity contribution in [1.82, 2.24) is 0 Å². The largest absolute Gasteiger partial charge is 0.466 e. The quantitative estimate of drug-likeness (QED) is 0.161. The van der Waals surface area contributed by atoms with Crippen molar-refractivity contribution in [2.24, 2.45) is 11.8 Å². The van der Waals surface area contributed by atoms with Crippen molar-refractivity contribution < 1.29 is 14.0 Å². The van der Waals surface area contributed by atoms with Gasteiger partial charge in [0.1, 0.15) is 0 Å². The fourth-order valence-corrected chi connectivity index (χ4v) is 9.56. The first kappa shape index (κ1) is 27.4. The van der Waals surface area contributed by atoms with E-state index >= 15 is 0 Å². The number of carbonyl (C=O) groups is 1. The lowest BCUT2D eigenvalue weighted by Gasteiger charge is -2.43. The third-order valence-corrected chi connectivity index (χ3v) is 11.6. The highest BCUT2D eigenvalue weighted by Crippen LogP contribution is 2.37. The van der Waals surface area contributed by atoms with Crippen LogP contribution in [0.2, 0.25) is 5.04 Å². The smallest absolute Gasteiger partial charge is 0.309 e. The average molecular weight is 487 g/mol. The van der Waals surface area contributed by atoms with E-state index in [0.29, 0.717) is 31.9 Å². The molecule has 0 bridgehead atoms. The van der Waals surface area contributed by atoms with Gasteiger partial charge < -0.3 is 9.16 Å². The predicted molar refractivity (Wildman–Crippen MR) is 142 cm³/mol. The van der Waals surface area contributed by atoms with Crippen molar-refractivity contribution >= 4 is 36.3 Å². The fourth-order valence-electron chi connectivity index (χ4n) is 4.74. The monoisotopic (exact) mass is 486 g/mol. The number of hydrogen-bond acceptors (Lipinski definition) is 3. The van der Waals surface area contributed by atoms with Gasteiger partial charge in [-0.3, -0.25) is 4.79 Å². The summed E-state index contributed by atoms with van der Waals surface area (Å²) < 4.78 is 12.4. The molecule has 2 aromatic carbocycles. The Hall–Kier alpha value is -1.88. The molecule has 2 rings (SSSR count). The lowest BCUT2D eigenvalue weighted by atomic mass is 9.83. The Balaban J connectivity index is 2.44. The van der Waals surface area contributed by atoms with E-state index in [1.165, 1.54) is 10.4 Å². The summed E-state index contributed by atoms with van der Waals surface area (Å²) in [7, 11) is -2.65. The number of allylic oxidation sites excluding steroid dienone is 1. The van der Waals surface area contributed by atoms with E-state index in [9.17, 15) is 4.79 Å². The summed E-state index contributed by atoms with van der Waals surface area (Å²) in [6.45, 7) is 15.5. The van der Waals surface area contributed by atoms with E-state index in [1.54, 1.807) is 0 Å². The molecule has 0 amide bonds. The van der Waals surface area contributed by atoms with Gasteiger partial charge in [-0.25, -0.2) is 0 Å². The molecule has 2 aromatic rings. The lowest BCUT2D eigenvalue weighted by molar-refractivity contribution is -0.150. The summed E-state index contributed by atoms with van der Waals surface area (Å²) in [4.78, 5) is 12.9. The van der Waals surface area contributed by atoms with E-state index in [-0.39, 0.29) is 22.8 Å². The van der Waals surface area contributed by atoms with E-state index in [1.807, 2.05) is 26.0 Å². The molecule has 5 heteroatoms. The number of carbonyl (C=O) groups excluding carboxylic acids is 1. The Bertz CT molecular complexity index is 838. The Labute approximate surface area is 206 Å². The van der Waals surface area contributed by atoms with Crippen molar-refractivity contribution in [3.05, 3.63) is 72.8 Å². The summed E-state index contributed by atoms with van der Waals surface area (Å²) in [6, 6.07) is 21.1. The molecule has 3 nitrogen and oxygen atoms in total. The third-order valence-electron chi connectivity index (χ3n) is 6.29. The SMILES string of the molecule is C=C(C)C(CCCl)C(CCO[Si](c1ccccc1)(c1ccccc1)C(C)(C)C)C(=O)OCC. The van der Waals surface area contributed by atoms with Gasteiger partial charge in [0.25, 0.3) is 8.32 Å². The van der Waals surface area contributed by atoms with Crippen molar-refractivity contribution in [3.63, 3.8) is 0 Å². The zero-order valence-corrected chi connectivity index (χ0v) is 22.5. The lowest BCUT2D eigenvalue weighted by Crippen LogP contribution is -2.66. The minimum Gasteiger partial charge on any atom is -0.466 e. The Morgan fingerprint density at radius 3 is 1.88 bits per heavy atom. The van der Waals surface area contributed by atoms with Crippen molar-refractivity contribution in [2.75, 3.05) is 19.1 Å². The highest BCUT2D eigenvalue weighted by Gasteiger charge is 2.50. The standard InChI is InChI=1S/C28H39ClO3Si/c1-7-31-27(30)26(25(18-20-29)22(2)3)19-21-32-33(28(4,5)6,23-14-10-8-11-15-23)24-16-12-9-13-17-24/h8-17,25-26H,2,7,18-21H2,1,3-6H3. The van der Waals surface area contributed by atoms with Crippen LogP contribution < -0.4 is 10.4 Å². The molecular weight excluding hydrogens is 448 g/mol. The fraction of sp³-hybridized carbons (Fsp3) is 0.464. The molecule has 0 aliphatic carbocycles. The molecule has 0 spiro atoms. The summed E-state index contributed by atoms with van der Waals surface area (Å²) in [5.74, 6) is -0.0615. The molecule has 0 heterocycles. The van der Waals surface area contributed by atoms with Crippen LogP contribution in [0.5, 0.6) is 0 Å². The zero-order chi connectivity index (χ0) is 24.5. The molecule has 2 unspecified atom stereocenters. The molecule has 0 N–H and O–H groups in total. The van der Waals surface area contributed by atoms with Gasteiger partial charge in [0.2, 0.25) is 0 Å². The van der Waals surface area contributed by atoms with Crippen LogP contribution in [-0.2, 0) is 14.0 Å². The number of alkyl halides is 1. The summed E-state index contributed by atoms with van der Waals surface area (Å²) in [5.41, 5.74) is 0.958. The maximum atomic E-state index is 12.9. The number of halogens is 1. The second-order valence-corrected chi connectivity index (χ2v) is 14.3. The summed E-state index contributed by atoms with van der Waals surface area (Å²) >= 11 is 6.08. The van der Waals surface area contributed by atoms with Crippen LogP contribution in [0, 0.1) is 11.8 Å². The van der Waals surface area contributed by atoms with Crippen LogP contribution in [0.15, 0.2) is 72.8 Å². The predicted octanol–water partition coefficient (Wildman–Crippen LogP) is 5.95. The van der Waals surface area contributed by atoms with Crippen LogP contribution in [-0.4, -0.2) is 33.4 Å². The summed E-state index contributed by atoms with van der Waals surface area (Å²) in [5, 5.41) is 2.35. The molecule has 0 fully saturated rings. The number of esters is 1. The van der Waals surface area contributed by atoms with E-state index in [4.69, 9.17) is 20.8 Å². The number of benzene rings is 2. The zero-order valence-electron chi connectivity index (χ0n) is 20.8. The van der Waals surface area contributed by atoms with Gasteiger partial charge in [-0.05, 0) is 48.0 Å². The maximum Gasteiger partial charge on any atom is 0.309 e. The van der Waals surface area contributed by atoms with Crippen LogP contribution in [0.1, 0.15) is 47.5 Å². The third kappa shape index (κ3) is 6.59. The van der Waals surface area contributed by atoms with Crippen LogP contribution in [0.25, 0.3) is 0 Å². The summed E-state index contributed by atoms with van der Waals surface area (Å²) in [6.07, 6.45) is 1.26. The van der Waals surface area contributed by atoms with Crippen molar-refractivity contribution in [3.8, 4) is 0 Å². The Morgan fingerprint density at radius 1 is 0.970 bits per heavy atom. The number of rotatable bonds is 12. The Kier molecular flexibility index (Phi) is 10.4. The minimum atomic E-state index is -2.65. The molecule has 2 atom stereocenters. The van der Waals surface area contributed by atoms with Gasteiger partial charge in [-0.2, -0.15) is 0 Å². The van der Waals surface area contributed by atoms with Crippen LogP contribution in [0.3, 0.4) is 0 Å². The van der Waals surface area contributed by atoms with Gasteiger partial charge >= 0.3 is 5.97 Å². The highest BCUT2D eigenvalue weighted by atomic mass is 35.5. The van der Waals surface area contributed by atoms with Gasteiger partial charge in [-0.15, -0.1) is 11.6 Å². The maximum absolute atomic E-state index is 12.9. The van der Waals surface area contributed by atoms with Crippen LogP contribution >= 0.6 is 11.6 Å². The molecule has 0 saturated carbocycles. The second kappa shape index (κ2) is 12.5. The minimum absolute atomic E-state index is 0.0238. The molecule has 0 aromatic heterocycles. The molecule has 0 radical (unpaired) electrons. The van der Waals surface area contributed by atoms with Gasteiger partial charge in [-0.1, -0.05) is 93.6 Å². The molecular formula is C28H39ClO3Si. The number of hydrogen-bond donors (Lipinski definition) is 0. The van der Waals surface area contributed by atoms with Gasteiger partial charge in [0.15, 0.2) is 0 Å². The topological polar surface area (TPSA) is 35.5 Å². The molecule has 180 valence electrons. The molecule has 0 aliphatic rings. The first-order valence-corrected chi connectivity index (χ1v) is 14.3. The number of ether oxygens (including phenoxy) is 1. The second-order valence-electron chi connectivity index (χ2n) is 9.59. The molecule has 33 heavy (non-hydrogen) atoms. The molecule has 0 saturated heterocycles. The first-order chi connectivity index (χ1) is 15.7. The average Bonchev–Trinajstić information content (AvgIpc) is 2.78. The Morgan fingerprint density at radius 2 is 1.48 bits per heavy atom. The normalized spacial score (nSPS) is 13.9. The van der Waals surface area contributed by atoms with E-state index in [2.05, 4.69) is 75.9 Å². The van der Waals surface area contributed by atoms with Crippen LogP contribution in [0.4, 0.5) is 0 Å². The van der Waals surface area contributed by atoms with E-state index in [0.717, 1.165) is 5.57 Å². The highest BCUT2D eigenvalue weighted by molar-refractivity contribution is 6.99. The first-order valence-electron chi connectivity index (χ1n) is 11.8.